The van der Waals surface area contributed by atoms with Crippen molar-refractivity contribution in [1.82, 2.24) is 18.8 Å². The number of benzene rings is 4. The summed E-state index contributed by atoms with van der Waals surface area (Å²) in [6, 6.07) is 26.2. The first-order chi connectivity index (χ1) is 19.9. The van der Waals surface area contributed by atoms with E-state index < -0.39 is 11.7 Å². The summed E-state index contributed by atoms with van der Waals surface area (Å²) >= 11 is 0. The summed E-state index contributed by atoms with van der Waals surface area (Å²) in [4.78, 5) is 9.90. The summed E-state index contributed by atoms with van der Waals surface area (Å²) in [6.07, 6.45) is 0.828. The number of rotatable bonds is 3. The fourth-order valence-corrected chi connectivity index (χ4v) is 6.37. The van der Waals surface area contributed by atoms with Crippen molar-refractivity contribution in [3.05, 3.63) is 120 Å². The Kier molecular flexibility index (Phi) is 4.99. The van der Waals surface area contributed by atoms with Gasteiger partial charge < -0.3 is 0 Å². The molecule has 0 aliphatic carbocycles. The number of para-hydroxylation sites is 2. The van der Waals surface area contributed by atoms with Crippen LogP contribution in [0.2, 0.25) is 0 Å². The summed E-state index contributed by atoms with van der Waals surface area (Å²) in [5, 5.41) is 4.75. The van der Waals surface area contributed by atoms with Crippen LogP contribution in [-0.2, 0) is 19.0 Å². The Morgan fingerprint density at radius 3 is 1.66 bits per heavy atom. The number of alkyl halides is 3. The van der Waals surface area contributed by atoms with Gasteiger partial charge in [-0.2, -0.15) is 13.2 Å². The van der Waals surface area contributed by atoms with Gasteiger partial charge in [0.2, 0.25) is 0 Å². The highest BCUT2D eigenvalue weighted by molar-refractivity contribution is 6.14. The molecule has 7 heteroatoms. The summed E-state index contributed by atoms with van der Waals surface area (Å²) in [7, 11) is 0. The van der Waals surface area contributed by atoms with E-state index in [9.17, 15) is 13.2 Å². The Morgan fingerprint density at radius 2 is 1.07 bits per heavy atom. The molecular formula is C34H23F3N4. The van der Waals surface area contributed by atoms with Crippen LogP contribution in [0.25, 0.3) is 54.6 Å². The topological polar surface area (TPSA) is 34.6 Å². The molecule has 4 aromatic carbocycles. The van der Waals surface area contributed by atoms with Gasteiger partial charge in [0.25, 0.3) is 0 Å². The molecule has 0 saturated heterocycles. The minimum atomic E-state index is -4.47. The lowest BCUT2D eigenvalue weighted by molar-refractivity contribution is -0.136. The largest absolute Gasteiger partial charge is 0.417 e. The van der Waals surface area contributed by atoms with E-state index in [0.717, 1.165) is 34.0 Å². The molecule has 4 nitrogen and oxygen atoms in total. The Balaban J connectivity index is 1.26. The summed E-state index contributed by atoms with van der Waals surface area (Å²) in [6.45, 7) is 2.13. The average Bonchev–Trinajstić information content (AvgIpc) is 3.61. The number of aromatic nitrogens is 4. The predicted molar refractivity (Wildman–Crippen MR) is 158 cm³/mol. The number of imidazole rings is 2. The summed E-state index contributed by atoms with van der Waals surface area (Å²) < 4.78 is 46.2. The third kappa shape index (κ3) is 3.55. The molecule has 4 aromatic heterocycles. The van der Waals surface area contributed by atoms with Gasteiger partial charge in [-0.05, 0) is 48.9 Å². The molecule has 0 aliphatic heterocycles. The van der Waals surface area contributed by atoms with Crippen molar-refractivity contribution >= 4 is 54.6 Å². The van der Waals surface area contributed by atoms with Gasteiger partial charge in [0.1, 0.15) is 11.3 Å². The smallest absolute Gasteiger partial charge is 0.299 e. The quantitative estimate of drug-likeness (QED) is 0.209. The molecular weight excluding hydrogens is 521 g/mol. The fourth-order valence-electron chi connectivity index (χ4n) is 6.37. The van der Waals surface area contributed by atoms with Gasteiger partial charge in [-0.25, -0.2) is 9.97 Å². The number of fused-ring (bicyclic) bond motifs is 12. The molecule has 0 bridgehead atoms. The lowest BCUT2D eigenvalue weighted by Gasteiger charge is -2.14. The SMILES string of the molecule is Cc1cccc2c1c1ccccc1n1cc(CCc3cn4c5ccccc5c5c(C(F)(F)F)cccc5c4n3)nc21. The second-order valence-electron chi connectivity index (χ2n) is 10.6. The molecule has 0 unspecified atom stereocenters. The normalized spacial score (nSPS) is 12.6. The van der Waals surface area contributed by atoms with E-state index in [1.54, 1.807) is 18.2 Å². The predicted octanol–water partition coefficient (Wildman–Crippen LogP) is 8.71. The highest BCUT2D eigenvalue weighted by atomic mass is 19.4. The lowest BCUT2D eigenvalue weighted by Crippen LogP contribution is -2.06. The molecule has 0 radical (unpaired) electrons. The minimum Gasteiger partial charge on any atom is -0.299 e. The molecule has 0 fully saturated rings. The molecule has 0 atom stereocenters. The van der Waals surface area contributed by atoms with Crippen LogP contribution in [-0.4, -0.2) is 18.8 Å². The van der Waals surface area contributed by atoms with Crippen molar-refractivity contribution in [3.8, 4) is 0 Å². The molecule has 0 saturated carbocycles. The Morgan fingerprint density at radius 1 is 0.585 bits per heavy atom. The number of hydrogen-bond acceptors (Lipinski definition) is 2. The van der Waals surface area contributed by atoms with Crippen LogP contribution in [0.15, 0.2) is 97.3 Å². The van der Waals surface area contributed by atoms with Crippen molar-refractivity contribution < 1.29 is 13.2 Å². The molecule has 8 aromatic rings. The lowest BCUT2D eigenvalue weighted by atomic mass is 10.0. The van der Waals surface area contributed by atoms with Gasteiger partial charge in [-0.3, -0.25) is 8.80 Å². The number of aryl methyl sites for hydroxylation is 3. The van der Waals surface area contributed by atoms with Crippen molar-refractivity contribution in [2.45, 2.75) is 25.9 Å². The van der Waals surface area contributed by atoms with E-state index >= 15 is 0 Å². The molecule has 41 heavy (non-hydrogen) atoms. The molecule has 0 amide bonds. The van der Waals surface area contributed by atoms with Crippen molar-refractivity contribution in [3.63, 3.8) is 0 Å². The third-order valence-electron chi connectivity index (χ3n) is 8.14. The molecule has 0 spiro atoms. The molecule has 0 aliphatic rings. The fraction of sp³-hybridized carbons (Fsp3) is 0.118. The number of pyridine rings is 2. The molecule has 200 valence electrons. The average molecular weight is 545 g/mol. The van der Waals surface area contributed by atoms with E-state index in [4.69, 9.17) is 9.97 Å². The highest BCUT2D eigenvalue weighted by Gasteiger charge is 2.33. The first kappa shape index (κ1) is 23.9. The third-order valence-corrected chi connectivity index (χ3v) is 8.14. The van der Waals surface area contributed by atoms with Gasteiger partial charge in [0.05, 0.1) is 28.0 Å². The van der Waals surface area contributed by atoms with Crippen LogP contribution in [0.1, 0.15) is 22.5 Å². The molecule has 8 rings (SSSR count). The van der Waals surface area contributed by atoms with E-state index in [1.165, 1.54) is 22.4 Å². The summed E-state index contributed by atoms with van der Waals surface area (Å²) in [5.74, 6) is 0. The van der Waals surface area contributed by atoms with E-state index in [0.29, 0.717) is 34.8 Å². The van der Waals surface area contributed by atoms with E-state index in [1.807, 2.05) is 28.8 Å². The van der Waals surface area contributed by atoms with Crippen LogP contribution < -0.4 is 0 Å². The maximum atomic E-state index is 14.0. The standard InChI is InChI=1S/C34H23F3N4/c1-20-8-6-11-25-30(20)23-9-2-4-14-28(23)40-18-21(38-32(25)40)16-17-22-19-41-29-15-5-3-10-24(29)31-26(33(41)39-22)12-7-13-27(31)34(35,36)37/h2-15,18-19H,16-17H2,1H3. The highest BCUT2D eigenvalue weighted by Crippen LogP contribution is 2.40. The van der Waals surface area contributed by atoms with Crippen LogP contribution in [0, 0.1) is 6.92 Å². The van der Waals surface area contributed by atoms with Gasteiger partial charge in [-0.15, -0.1) is 0 Å². The second kappa shape index (κ2) is 8.54. The Hall–Kier alpha value is -4.91. The van der Waals surface area contributed by atoms with Crippen LogP contribution in [0.4, 0.5) is 13.2 Å². The zero-order valence-electron chi connectivity index (χ0n) is 22.1. The minimum absolute atomic E-state index is 0.189. The Labute approximate surface area is 232 Å². The van der Waals surface area contributed by atoms with Crippen molar-refractivity contribution in [1.29, 1.82) is 0 Å². The van der Waals surface area contributed by atoms with Crippen LogP contribution in [0.3, 0.4) is 0 Å². The van der Waals surface area contributed by atoms with Crippen molar-refractivity contribution in [2.24, 2.45) is 0 Å². The second-order valence-corrected chi connectivity index (χ2v) is 10.6. The van der Waals surface area contributed by atoms with Crippen LogP contribution >= 0.6 is 0 Å². The Bertz CT molecular complexity index is 2330. The van der Waals surface area contributed by atoms with E-state index in [2.05, 4.69) is 53.9 Å². The number of halogens is 3. The monoisotopic (exact) mass is 544 g/mol. The van der Waals surface area contributed by atoms with Gasteiger partial charge in [0, 0.05) is 39.3 Å². The molecule has 4 heterocycles. The maximum absolute atomic E-state index is 14.0. The van der Waals surface area contributed by atoms with Crippen LogP contribution in [0.5, 0.6) is 0 Å². The van der Waals surface area contributed by atoms with Crippen molar-refractivity contribution in [2.75, 3.05) is 0 Å². The first-order valence-electron chi connectivity index (χ1n) is 13.5. The van der Waals surface area contributed by atoms with Gasteiger partial charge in [-0.1, -0.05) is 66.7 Å². The number of hydrogen-bond donors (Lipinski definition) is 0. The van der Waals surface area contributed by atoms with Gasteiger partial charge >= 0.3 is 6.18 Å². The van der Waals surface area contributed by atoms with Gasteiger partial charge in [0.15, 0.2) is 0 Å². The maximum Gasteiger partial charge on any atom is 0.417 e. The zero-order chi connectivity index (χ0) is 27.9. The van der Waals surface area contributed by atoms with E-state index in [-0.39, 0.29) is 5.39 Å². The first-order valence-corrected chi connectivity index (χ1v) is 13.5. The summed E-state index contributed by atoms with van der Waals surface area (Å²) in [5.41, 5.74) is 5.58. The molecule has 0 N–H and O–H groups in total. The number of nitrogens with zero attached hydrogens (tertiary/aromatic N) is 4. The zero-order valence-corrected chi connectivity index (χ0v) is 22.1.